The monoisotopic (exact) mass is 433 g/mol. The van der Waals surface area contributed by atoms with Crippen LogP contribution in [-0.2, 0) is 16.1 Å². The Balaban J connectivity index is 1.54. The second-order valence-electron chi connectivity index (χ2n) is 6.79. The zero-order valence-corrected chi connectivity index (χ0v) is 17.2. The molecule has 0 saturated carbocycles. The molecule has 1 atom stereocenters. The number of hydrogen-bond donors (Lipinski definition) is 2. The van der Waals surface area contributed by atoms with Gasteiger partial charge in [0.1, 0.15) is 6.04 Å². The van der Waals surface area contributed by atoms with E-state index in [9.17, 15) is 14.4 Å². The first-order chi connectivity index (χ1) is 13.9. The normalized spacial score (nSPS) is 15.8. The van der Waals surface area contributed by atoms with Crippen LogP contribution in [0.3, 0.4) is 0 Å². The Hall–Kier alpha value is -2.57. The zero-order valence-electron chi connectivity index (χ0n) is 15.7. The molecule has 2 aromatic carbocycles. The summed E-state index contributed by atoms with van der Waals surface area (Å²) in [5.41, 5.74) is 1.31. The van der Waals surface area contributed by atoms with Crippen LogP contribution in [0.5, 0.6) is 0 Å². The van der Waals surface area contributed by atoms with Gasteiger partial charge in [-0.05, 0) is 36.6 Å². The van der Waals surface area contributed by atoms with Gasteiger partial charge in [-0.15, -0.1) is 0 Å². The summed E-state index contributed by atoms with van der Waals surface area (Å²) in [6, 6.07) is 13.5. The van der Waals surface area contributed by atoms with Crippen LogP contribution in [0.2, 0.25) is 10.0 Å². The van der Waals surface area contributed by atoms with E-state index >= 15 is 0 Å². The molecular formula is C21H21Cl2N3O3. The number of carbonyl (C=O) groups is 3. The SMILES string of the molecule is O=C(CNC(=O)C1CCCN1C(=O)c1cc(Cl)cc(Cl)c1)NCc1ccccc1. The molecule has 1 heterocycles. The maximum Gasteiger partial charge on any atom is 0.254 e. The van der Waals surface area contributed by atoms with E-state index in [-0.39, 0.29) is 24.3 Å². The molecule has 3 rings (SSSR count). The predicted molar refractivity (Wildman–Crippen MR) is 112 cm³/mol. The van der Waals surface area contributed by atoms with Gasteiger partial charge in [0.15, 0.2) is 0 Å². The van der Waals surface area contributed by atoms with Crippen molar-refractivity contribution in [2.24, 2.45) is 0 Å². The molecule has 3 amide bonds. The van der Waals surface area contributed by atoms with Crippen LogP contribution in [0.25, 0.3) is 0 Å². The van der Waals surface area contributed by atoms with Crippen molar-refractivity contribution in [1.82, 2.24) is 15.5 Å². The van der Waals surface area contributed by atoms with Crippen molar-refractivity contribution in [3.8, 4) is 0 Å². The molecular weight excluding hydrogens is 413 g/mol. The highest BCUT2D eigenvalue weighted by atomic mass is 35.5. The van der Waals surface area contributed by atoms with Gasteiger partial charge >= 0.3 is 0 Å². The number of likely N-dealkylation sites (tertiary alicyclic amines) is 1. The van der Waals surface area contributed by atoms with Gasteiger partial charge in [-0.1, -0.05) is 53.5 Å². The van der Waals surface area contributed by atoms with Gasteiger partial charge in [-0.3, -0.25) is 14.4 Å². The number of nitrogens with one attached hydrogen (secondary N) is 2. The van der Waals surface area contributed by atoms with Gasteiger partial charge in [0, 0.05) is 28.7 Å². The van der Waals surface area contributed by atoms with E-state index in [1.807, 2.05) is 30.3 Å². The van der Waals surface area contributed by atoms with Gasteiger partial charge in [-0.2, -0.15) is 0 Å². The van der Waals surface area contributed by atoms with E-state index in [1.54, 1.807) is 6.07 Å². The van der Waals surface area contributed by atoms with E-state index in [0.717, 1.165) is 5.56 Å². The molecule has 0 bridgehead atoms. The second-order valence-corrected chi connectivity index (χ2v) is 7.67. The van der Waals surface area contributed by atoms with Crippen molar-refractivity contribution in [3.63, 3.8) is 0 Å². The maximum absolute atomic E-state index is 12.8. The molecule has 0 spiro atoms. The second kappa shape index (κ2) is 9.76. The van der Waals surface area contributed by atoms with Crippen LogP contribution < -0.4 is 10.6 Å². The molecule has 1 fully saturated rings. The smallest absolute Gasteiger partial charge is 0.254 e. The molecule has 0 radical (unpaired) electrons. The number of carbonyl (C=O) groups excluding carboxylic acids is 3. The molecule has 0 aromatic heterocycles. The number of rotatable bonds is 6. The summed E-state index contributed by atoms with van der Waals surface area (Å²) in [5.74, 6) is -0.945. The highest BCUT2D eigenvalue weighted by molar-refractivity contribution is 6.35. The molecule has 0 aliphatic carbocycles. The van der Waals surface area contributed by atoms with Crippen LogP contribution in [0.4, 0.5) is 0 Å². The van der Waals surface area contributed by atoms with Crippen LogP contribution in [-0.4, -0.2) is 41.8 Å². The highest BCUT2D eigenvalue weighted by Crippen LogP contribution is 2.24. The maximum atomic E-state index is 12.8. The number of halogens is 2. The molecule has 2 aromatic rings. The first-order valence-electron chi connectivity index (χ1n) is 9.29. The average molecular weight is 434 g/mol. The lowest BCUT2D eigenvalue weighted by atomic mass is 10.1. The topological polar surface area (TPSA) is 78.5 Å². The molecule has 1 aliphatic heterocycles. The molecule has 8 heteroatoms. The van der Waals surface area contributed by atoms with Gasteiger partial charge in [-0.25, -0.2) is 0 Å². The third-order valence-corrected chi connectivity index (χ3v) is 5.12. The van der Waals surface area contributed by atoms with Gasteiger partial charge < -0.3 is 15.5 Å². The van der Waals surface area contributed by atoms with Crippen LogP contribution in [0.1, 0.15) is 28.8 Å². The average Bonchev–Trinajstić information content (AvgIpc) is 3.20. The number of benzene rings is 2. The Morgan fingerprint density at radius 1 is 1.00 bits per heavy atom. The number of nitrogens with zero attached hydrogens (tertiary/aromatic N) is 1. The summed E-state index contributed by atoms with van der Waals surface area (Å²) >= 11 is 12.0. The summed E-state index contributed by atoms with van der Waals surface area (Å²) in [6.07, 6.45) is 1.25. The molecule has 1 aliphatic rings. The minimum absolute atomic E-state index is 0.146. The Morgan fingerprint density at radius 3 is 2.38 bits per heavy atom. The van der Waals surface area contributed by atoms with Crippen molar-refractivity contribution in [1.29, 1.82) is 0 Å². The molecule has 1 saturated heterocycles. The van der Waals surface area contributed by atoms with Crippen molar-refractivity contribution < 1.29 is 14.4 Å². The van der Waals surface area contributed by atoms with Crippen molar-refractivity contribution in [2.45, 2.75) is 25.4 Å². The van der Waals surface area contributed by atoms with Crippen molar-refractivity contribution in [3.05, 3.63) is 69.7 Å². The number of amides is 3. The fraction of sp³-hybridized carbons (Fsp3) is 0.286. The first-order valence-corrected chi connectivity index (χ1v) is 10.0. The molecule has 2 N–H and O–H groups in total. The van der Waals surface area contributed by atoms with Crippen LogP contribution in [0.15, 0.2) is 48.5 Å². The summed E-state index contributed by atoms with van der Waals surface area (Å²) in [4.78, 5) is 38.9. The minimum atomic E-state index is -0.623. The van der Waals surface area contributed by atoms with E-state index < -0.39 is 6.04 Å². The Labute approximate surface area is 179 Å². The van der Waals surface area contributed by atoms with Gasteiger partial charge in [0.25, 0.3) is 5.91 Å². The van der Waals surface area contributed by atoms with E-state index in [4.69, 9.17) is 23.2 Å². The Kier molecular flexibility index (Phi) is 7.12. The Morgan fingerprint density at radius 2 is 1.69 bits per heavy atom. The minimum Gasteiger partial charge on any atom is -0.350 e. The van der Waals surface area contributed by atoms with Crippen molar-refractivity contribution in [2.75, 3.05) is 13.1 Å². The Bertz CT molecular complexity index is 885. The first kappa shape index (κ1) is 21.1. The fourth-order valence-electron chi connectivity index (χ4n) is 3.27. The molecule has 1 unspecified atom stereocenters. The lowest BCUT2D eigenvalue weighted by Gasteiger charge is -2.24. The van der Waals surface area contributed by atoms with E-state index in [2.05, 4.69) is 10.6 Å². The number of hydrogen-bond acceptors (Lipinski definition) is 3. The summed E-state index contributed by atoms with van der Waals surface area (Å²) in [7, 11) is 0. The zero-order chi connectivity index (χ0) is 20.8. The lowest BCUT2D eigenvalue weighted by molar-refractivity contribution is -0.128. The third-order valence-electron chi connectivity index (χ3n) is 4.68. The van der Waals surface area contributed by atoms with Crippen LogP contribution >= 0.6 is 23.2 Å². The molecule has 29 heavy (non-hydrogen) atoms. The highest BCUT2D eigenvalue weighted by Gasteiger charge is 2.34. The summed E-state index contributed by atoms with van der Waals surface area (Å²) in [6.45, 7) is 0.702. The molecule has 152 valence electrons. The van der Waals surface area contributed by atoms with E-state index in [1.165, 1.54) is 17.0 Å². The quantitative estimate of drug-likeness (QED) is 0.734. The van der Waals surface area contributed by atoms with Gasteiger partial charge in [0.2, 0.25) is 11.8 Å². The standard InChI is InChI=1S/C21H21Cl2N3O3/c22-16-9-15(10-17(23)11-16)21(29)26-8-4-7-18(26)20(28)25-13-19(27)24-12-14-5-2-1-3-6-14/h1-3,5-6,9-11,18H,4,7-8,12-13H2,(H,24,27)(H,25,28). The van der Waals surface area contributed by atoms with E-state index in [0.29, 0.717) is 41.5 Å². The van der Waals surface area contributed by atoms with Gasteiger partial charge in [0.05, 0.1) is 6.54 Å². The molecule has 6 nitrogen and oxygen atoms in total. The predicted octanol–water partition coefficient (Wildman–Crippen LogP) is 3.03. The lowest BCUT2D eigenvalue weighted by Crippen LogP contribution is -2.48. The summed E-state index contributed by atoms with van der Waals surface area (Å²) < 4.78 is 0. The van der Waals surface area contributed by atoms with Crippen molar-refractivity contribution >= 4 is 40.9 Å². The third kappa shape index (κ3) is 5.71. The summed E-state index contributed by atoms with van der Waals surface area (Å²) in [5, 5.41) is 6.09. The van der Waals surface area contributed by atoms with Crippen LogP contribution in [0, 0.1) is 0 Å². The fourth-order valence-corrected chi connectivity index (χ4v) is 3.80. The largest absolute Gasteiger partial charge is 0.350 e.